The first kappa shape index (κ1) is 17.2. The molecule has 1 atom stereocenters. The van der Waals surface area contributed by atoms with Gasteiger partial charge in [0.25, 0.3) is 5.91 Å². The van der Waals surface area contributed by atoms with E-state index < -0.39 is 0 Å². The van der Waals surface area contributed by atoms with Crippen molar-refractivity contribution in [1.82, 2.24) is 9.88 Å². The Morgan fingerprint density at radius 2 is 2.19 bits per heavy atom. The molecule has 136 valence electrons. The van der Waals surface area contributed by atoms with Crippen molar-refractivity contribution in [3.8, 4) is 0 Å². The molecule has 6 heteroatoms. The molecular weight excluding hydrogens is 346 g/mol. The van der Waals surface area contributed by atoms with Crippen molar-refractivity contribution >= 4 is 29.0 Å². The summed E-state index contributed by atoms with van der Waals surface area (Å²) in [6, 6.07) is 5.84. The molecule has 1 N–H and O–H groups in total. The van der Waals surface area contributed by atoms with Crippen LogP contribution >= 0.6 is 11.3 Å². The number of nitrogens with zero attached hydrogens (tertiary/aromatic N) is 2. The summed E-state index contributed by atoms with van der Waals surface area (Å²) in [5, 5.41) is 2.93. The molecule has 2 aromatic heterocycles. The van der Waals surface area contributed by atoms with E-state index >= 15 is 0 Å². The van der Waals surface area contributed by atoms with Crippen LogP contribution in [-0.4, -0.2) is 34.8 Å². The molecule has 1 fully saturated rings. The van der Waals surface area contributed by atoms with Gasteiger partial charge in [-0.3, -0.25) is 9.59 Å². The lowest BCUT2D eigenvalue weighted by Gasteiger charge is -2.31. The molecule has 3 heterocycles. The van der Waals surface area contributed by atoms with Crippen LogP contribution in [0.3, 0.4) is 0 Å². The molecule has 0 aromatic carbocycles. The number of carbonyl (C=O) groups is 2. The predicted molar refractivity (Wildman–Crippen MR) is 103 cm³/mol. The predicted octanol–water partition coefficient (Wildman–Crippen LogP) is 3.43. The van der Waals surface area contributed by atoms with Gasteiger partial charge >= 0.3 is 0 Å². The third kappa shape index (κ3) is 3.38. The number of fused-ring (bicyclic) bond motifs is 1. The number of nitrogens with one attached hydrogen (secondary N) is 1. The van der Waals surface area contributed by atoms with Crippen LogP contribution in [0.25, 0.3) is 0 Å². The number of amides is 2. The molecule has 1 aliphatic carbocycles. The van der Waals surface area contributed by atoms with Crippen LogP contribution in [0.2, 0.25) is 0 Å². The van der Waals surface area contributed by atoms with Crippen molar-refractivity contribution in [2.45, 2.75) is 39.0 Å². The maximum absolute atomic E-state index is 12.9. The lowest BCUT2D eigenvalue weighted by atomic mass is 9.97. The molecule has 0 bridgehead atoms. The molecule has 0 radical (unpaired) electrons. The van der Waals surface area contributed by atoms with Gasteiger partial charge < -0.3 is 10.2 Å². The third-order valence-corrected chi connectivity index (χ3v) is 6.51. The van der Waals surface area contributed by atoms with E-state index in [1.54, 1.807) is 17.5 Å². The topological polar surface area (TPSA) is 62.3 Å². The highest BCUT2D eigenvalue weighted by atomic mass is 32.1. The Morgan fingerprint density at radius 3 is 3.00 bits per heavy atom. The van der Waals surface area contributed by atoms with Crippen LogP contribution in [0.15, 0.2) is 24.4 Å². The molecule has 0 spiro atoms. The van der Waals surface area contributed by atoms with E-state index in [1.165, 1.54) is 16.9 Å². The standard InChI is InChI=1S/C20H23N3O2S/c1-13-5-3-9-21-18(13)22-19(24)15-7-4-10-23(12-15)20(25)17-11-14-6-2-8-16(14)26-17/h3,5,9,11,15H,2,4,6-8,10,12H2,1H3,(H,21,22,24). The highest BCUT2D eigenvalue weighted by molar-refractivity contribution is 7.14. The molecule has 2 aromatic rings. The highest BCUT2D eigenvalue weighted by Crippen LogP contribution is 2.32. The summed E-state index contributed by atoms with van der Waals surface area (Å²) in [5.41, 5.74) is 2.29. The van der Waals surface area contributed by atoms with E-state index in [-0.39, 0.29) is 17.7 Å². The number of carbonyl (C=O) groups excluding carboxylic acids is 2. The fourth-order valence-electron chi connectivity index (χ4n) is 3.80. The molecule has 1 aliphatic heterocycles. The minimum absolute atomic E-state index is 0.0435. The van der Waals surface area contributed by atoms with Gasteiger partial charge in [-0.05, 0) is 62.3 Å². The quantitative estimate of drug-likeness (QED) is 0.902. The van der Waals surface area contributed by atoms with E-state index in [4.69, 9.17) is 0 Å². The summed E-state index contributed by atoms with van der Waals surface area (Å²) >= 11 is 1.64. The van der Waals surface area contributed by atoms with Crippen molar-refractivity contribution in [3.63, 3.8) is 0 Å². The summed E-state index contributed by atoms with van der Waals surface area (Å²) in [5.74, 6) is 0.463. The van der Waals surface area contributed by atoms with Gasteiger partial charge in [-0.25, -0.2) is 4.98 Å². The van der Waals surface area contributed by atoms with E-state index in [0.717, 1.165) is 42.7 Å². The van der Waals surface area contributed by atoms with Gasteiger partial charge in [-0.15, -0.1) is 11.3 Å². The number of anilines is 1. The zero-order valence-corrected chi connectivity index (χ0v) is 15.8. The first-order chi connectivity index (χ1) is 12.6. The van der Waals surface area contributed by atoms with E-state index in [0.29, 0.717) is 12.4 Å². The monoisotopic (exact) mass is 369 g/mol. The normalized spacial score (nSPS) is 19.3. The molecule has 1 saturated heterocycles. The maximum atomic E-state index is 12.9. The second-order valence-corrected chi connectivity index (χ2v) is 8.30. The van der Waals surface area contributed by atoms with Gasteiger partial charge in [0.1, 0.15) is 5.82 Å². The van der Waals surface area contributed by atoms with Crippen LogP contribution < -0.4 is 5.32 Å². The molecular formula is C20H23N3O2S. The number of likely N-dealkylation sites (tertiary alicyclic amines) is 1. The van der Waals surface area contributed by atoms with Crippen LogP contribution in [-0.2, 0) is 17.6 Å². The van der Waals surface area contributed by atoms with E-state index in [2.05, 4.69) is 16.4 Å². The summed E-state index contributed by atoms with van der Waals surface area (Å²) in [7, 11) is 0. The van der Waals surface area contributed by atoms with Crippen molar-refractivity contribution in [1.29, 1.82) is 0 Å². The van der Waals surface area contributed by atoms with Crippen LogP contribution in [0.1, 0.15) is 44.9 Å². The number of piperidine rings is 1. The molecule has 1 unspecified atom stereocenters. The Morgan fingerprint density at radius 1 is 1.31 bits per heavy atom. The fourth-order valence-corrected chi connectivity index (χ4v) is 5.02. The average molecular weight is 369 g/mol. The second-order valence-electron chi connectivity index (χ2n) is 7.16. The number of pyridine rings is 1. The third-order valence-electron chi connectivity index (χ3n) is 5.29. The van der Waals surface area contributed by atoms with Crippen molar-refractivity contribution in [2.24, 2.45) is 5.92 Å². The van der Waals surface area contributed by atoms with Crippen LogP contribution in [0.4, 0.5) is 5.82 Å². The molecule has 2 aliphatic rings. The SMILES string of the molecule is Cc1cccnc1NC(=O)C1CCCN(C(=O)c2cc3c(s2)CCC3)C1. The van der Waals surface area contributed by atoms with Gasteiger partial charge in [-0.2, -0.15) is 0 Å². The number of aryl methyl sites for hydroxylation is 3. The Balaban J connectivity index is 1.42. The minimum atomic E-state index is -0.180. The first-order valence-electron chi connectivity index (χ1n) is 9.25. The number of hydrogen-bond donors (Lipinski definition) is 1. The lowest BCUT2D eigenvalue weighted by molar-refractivity contribution is -0.121. The molecule has 0 saturated carbocycles. The van der Waals surface area contributed by atoms with Gasteiger partial charge in [0.05, 0.1) is 10.8 Å². The van der Waals surface area contributed by atoms with E-state index in [9.17, 15) is 9.59 Å². The zero-order chi connectivity index (χ0) is 18.1. The Bertz CT molecular complexity index is 824. The van der Waals surface area contributed by atoms with Crippen molar-refractivity contribution < 1.29 is 9.59 Å². The smallest absolute Gasteiger partial charge is 0.263 e. The summed E-state index contributed by atoms with van der Waals surface area (Å²) in [6.07, 6.45) is 6.73. The molecule has 5 nitrogen and oxygen atoms in total. The van der Waals surface area contributed by atoms with Crippen molar-refractivity contribution in [3.05, 3.63) is 45.3 Å². The number of rotatable bonds is 3. The second kappa shape index (κ2) is 7.19. The Kier molecular flexibility index (Phi) is 4.76. The highest BCUT2D eigenvalue weighted by Gasteiger charge is 2.30. The molecule has 2 amide bonds. The fraction of sp³-hybridized carbons (Fsp3) is 0.450. The van der Waals surface area contributed by atoms with E-state index in [1.807, 2.05) is 24.0 Å². The van der Waals surface area contributed by atoms with Crippen LogP contribution in [0.5, 0.6) is 0 Å². The van der Waals surface area contributed by atoms with Gasteiger partial charge in [0.15, 0.2) is 0 Å². The first-order valence-corrected chi connectivity index (χ1v) is 10.1. The van der Waals surface area contributed by atoms with Gasteiger partial charge in [-0.1, -0.05) is 6.07 Å². The van der Waals surface area contributed by atoms with Crippen molar-refractivity contribution in [2.75, 3.05) is 18.4 Å². The van der Waals surface area contributed by atoms with Gasteiger partial charge in [0.2, 0.25) is 5.91 Å². The number of hydrogen-bond acceptors (Lipinski definition) is 4. The largest absolute Gasteiger partial charge is 0.337 e. The molecule has 4 rings (SSSR count). The molecule has 26 heavy (non-hydrogen) atoms. The minimum Gasteiger partial charge on any atom is -0.337 e. The number of thiophene rings is 1. The summed E-state index contributed by atoms with van der Waals surface area (Å²) in [6.45, 7) is 3.14. The number of aromatic nitrogens is 1. The lowest BCUT2D eigenvalue weighted by Crippen LogP contribution is -2.43. The Labute approximate surface area is 157 Å². The Hall–Kier alpha value is -2.21. The maximum Gasteiger partial charge on any atom is 0.263 e. The zero-order valence-electron chi connectivity index (χ0n) is 15.0. The average Bonchev–Trinajstić information content (AvgIpc) is 3.25. The van der Waals surface area contributed by atoms with Crippen LogP contribution in [0, 0.1) is 12.8 Å². The van der Waals surface area contributed by atoms with Gasteiger partial charge in [0, 0.05) is 24.2 Å². The summed E-state index contributed by atoms with van der Waals surface area (Å²) in [4.78, 5) is 33.8. The summed E-state index contributed by atoms with van der Waals surface area (Å²) < 4.78 is 0.